The van der Waals surface area contributed by atoms with Crippen molar-refractivity contribution in [1.82, 2.24) is 9.97 Å². The first kappa shape index (κ1) is 12.0. The quantitative estimate of drug-likeness (QED) is 0.759. The number of anilines is 4. The monoisotopic (exact) mass is 245 g/mol. The van der Waals surface area contributed by atoms with Crippen LogP contribution in [-0.4, -0.2) is 16.6 Å². The van der Waals surface area contributed by atoms with E-state index in [0.29, 0.717) is 18.1 Å². The molecule has 0 saturated heterocycles. The molecule has 2 aromatic rings. The van der Waals surface area contributed by atoms with Gasteiger partial charge in [0.25, 0.3) is 0 Å². The fraction of sp³-hybridized carbons (Fsp3) is 0.167. The van der Waals surface area contributed by atoms with E-state index < -0.39 is 0 Å². The average molecular weight is 245 g/mol. The first-order chi connectivity index (χ1) is 8.69. The molecule has 1 heterocycles. The lowest BCUT2D eigenvalue weighted by Gasteiger charge is -2.09. The normalized spacial score (nSPS) is 10.1. The van der Waals surface area contributed by atoms with E-state index in [9.17, 15) is 0 Å². The van der Waals surface area contributed by atoms with Crippen LogP contribution in [0.5, 0.6) is 5.75 Å². The van der Waals surface area contributed by atoms with Crippen LogP contribution in [0.2, 0.25) is 0 Å². The van der Waals surface area contributed by atoms with Crippen molar-refractivity contribution in [3.8, 4) is 5.75 Å². The van der Waals surface area contributed by atoms with Crippen LogP contribution >= 0.6 is 0 Å². The molecule has 1 aromatic carbocycles. The summed E-state index contributed by atoms with van der Waals surface area (Å²) in [5.74, 6) is 1.49. The predicted molar refractivity (Wildman–Crippen MR) is 71.8 cm³/mol. The molecule has 0 spiro atoms. The zero-order chi connectivity index (χ0) is 13.0. The third-order valence-electron chi connectivity index (χ3n) is 2.26. The molecule has 6 nitrogen and oxygen atoms in total. The molecule has 2 rings (SSSR count). The van der Waals surface area contributed by atoms with Crippen LogP contribution in [0.15, 0.2) is 30.5 Å². The van der Waals surface area contributed by atoms with Crippen molar-refractivity contribution in [2.75, 3.05) is 23.4 Å². The topological polar surface area (TPSA) is 99.1 Å². The van der Waals surface area contributed by atoms with E-state index in [1.54, 1.807) is 0 Å². The van der Waals surface area contributed by atoms with Crippen molar-refractivity contribution in [2.45, 2.75) is 6.92 Å². The van der Waals surface area contributed by atoms with E-state index in [0.717, 1.165) is 11.4 Å². The van der Waals surface area contributed by atoms with Crippen LogP contribution in [0.1, 0.15) is 6.92 Å². The molecule has 1 aromatic heterocycles. The highest BCUT2D eigenvalue weighted by Crippen LogP contribution is 2.22. The van der Waals surface area contributed by atoms with Crippen LogP contribution in [0.4, 0.5) is 23.1 Å². The summed E-state index contributed by atoms with van der Waals surface area (Å²) in [5.41, 5.74) is 12.5. The van der Waals surface area contributed by atoms with E-state index in [4.69, 9.17) is 16.2 Å². The van der Waals surface area contributed by atoms with Crippen molar-refractivity contribution in [2.24, 2.45) is 0 Å². The summed E-state index contributed by atoms with van der Waals surface area (Å²) in [7, 11) is 0. The lowest BCUT2D eigenvalue weighted by molar-refractivity contribution is 0.340. The van der Waals surface area contributed by atoms with Gasteiger partial charge in [-0.25, -0.2) is 4.98 Å². The van der Waals surface area contributed by atoms with E-state index in [-0.39, 0.29) is 5.95 Å². The van der Waals surface area contributed by atoms with Gasteiger partial charge in [-0.2, -0.15) is 4.98 Å². The van der Waals surface area contributed by atoms with Gasteiger partial charge >= 0.3 is 0 Å². The second-order valence-electron chi connectivity index (χ2n) is 3.61. The Bertz CT molecular complexity index is 526. The summed E-state index contributed by atoms with van der Waals surface area (Å²) in [4.78, 5) is 7.83. The third-order valence-corrected chi connectivity index (χ3v) is 2.26. The zero-order valence-electron chi connectivity index (χ0n) is 10.1. The molecule has 0 saturated carbocycles. The molecule has 5 N–H and O–H groups in total. The Morgan fingerprint density at radius 1 is 1.22 bits per heavy atom. The molecular formula is C12H15N5O. The van der Waals surface area contributed by atoms with Gasteiger partial charge in [-0.3, -0.25) is 0 Å². The second-order valence-corrected chi connectivity index (χ2v) is 3.61. The molecule has 0 amide bonds. The minimum Gasteiger partial charge on any atom is -0.494 e. The van der Waals surface area contributed by atoms with Gasteiger partial charge in [-0.15, -0.1) is 0 Å². The number of nitrogens with zero attached hydrogens (tertiary/aromatic N) is 2. The zero-order valence-corrected chi connectivity index (χ0v) is 10.1. The number of ether oxygens (including phenoxy) is 1. The van der Waals surface area contributed by atoms with Crippen molar-refractivity contribution < 1.29 is 4.74 Å². The van der Waals surface area contributed by atoms with Crippen LogP contribution in [0.25, 0.3) is 0 Å². The third kappa shape index (κ3) is 2.79. The maximum Gasteiger partial charge on any atom is 0.222 e. The minimum atomic E-state index is 0.178. The van der Waals surface area contributed by atoms with Crippen molar-refractivity contribution in [3.63, 3.8) is 0 Å². The SMILES string of the molecule is CCOc1ccc(Nc2nc(N)ncc2N)cc1. The first-order valence-corrected chi connectivity index (χ1v) is 5.57. The smallest absolute Gasteiger partial charge is 0.222 e. The number of hydrogen-bond donors (Lipinski definition) is 3. The van der Waals surface area contributed by atoms with Crippen LogP contribution in [0.3, 0.4) is 0 Å². The van der Waals surface area contributed by atoms with E-state index in [1.807, 2.05) is 31.2 Å². The van der Waals surface area contributed by atoms with E-state index in [2.05, 4.69) is 15.3 Å². The van der Waals surface area contributed by atoms with Gasteiger partial charge in [0.15, 0.2) is 5.82 Å². The molecule has 18 heavy (non-hydrogen) atoms. The number of benzene rings is 1. The van der Waals surface area contributed by atoms with Gasteiger partial charge in [0.05, 0.1) is 18.5 Å². The van der Waals surface area contributed by atoms with Gasteiger partial charge in [0, 0.05) is 5.69 Å². The summed E-state index contributed by atoms with van der Waals surface area (Å²) < 4.78 is 5.36. The Kier molecular flexibility index (Phi) is 3.47. The number of hydrogen-bond acceptors (Lipinski definition) is 6. The van der Waals surface area contributed by atoms with Crippen molar-refractivity contribution in [3.05, 3.63) is 30.5 Å². The maximum absolute atomic E-state index is 5.75. The van der Waals surface area contributed by atoms with E-state index in [1.165, 1.54) is 6.20 Å². The summed E-state index contributed by atoms with van der Waals surface area (Å²) in [6.07, 6.45) is 1.47. The molecule has 0 aliphatic carbocycles. The molecule has 0 aliphatic rings. The van der Waals surface area contributed by atoms with Crippen LogP contribution < -0.4 is 21.5 Å². The molecule has 6 heteroatoms. The summed E-state index contributed by atoms with van der Waals surface area (Å²) in [5, 5.41) is 3.07. The highest BCUT2D eigenvalue weighted by atomic mass is 16.5. The molecular weight excluding hydrogens is 230 g/mol. The predicted octanol–water partition coefficient (Wildman–Crippen LogP) is 1.78. The summed E-state index contributed by atoms with van der Waals surface area (Å²) in [6, 6.07) is 7.49. The standard InChI is InChI=1S/C12H15N5O/c1-2-18-9-5-3-8(4-6-9)16-11-10(13)7-15-12(14)17-11/h3-7H,2,13H2,1H3,(H3,14,15,16,17). The van der Waals surface area contributed by atoms with Gasteiger partial charge in [0.2, 0.25) is 5.95 Å². The largest absolute Gasteiger partial charge is 0.494 e. The van der Waals surface area contributed by atoms with Crippen LogP contribution in [-0.2, 0) is 0 Å². The Hall–Kier alpha value is -2.50. The Morgan fingerprint density at radius 3 is 2.61 bits per heavy atom. The number of nitrogens with two attached hydrogens (primary N) is 2. The van der Waals surface area contributed by atoms with Crippen LogP contribution in [0, 0.1) is 0 Å². The molecule has 0 aliphatic heterocycles. The average Bonchev–Trinajstić information content (AvgIpc) is 2.37. The highest BCUT2D eigenvalue weighted by Gasteiger charge is 2.03. The summed E-state index contributed by atoms with van der Waals surface area (Å²) >= 11 is 0. The first-order valence-electron chi connectivity index (χ1n) is 5.57. The fourth-order valence-electron chi connectivity index (χ4n) is 1.44. The Balaban J connectivity index is 2.15. The molecule has 0 radical (unpaired) electrons. The Morgan fingerprint density at radius 2 is 1.94 bits per heavy atom. The second kappa shape index (κ2) is 5.22. The maximum atomic E-state index is 5.75. The van der Waals surface area contributed by atoms with Crippen molar-refractivity contribution in [1.29, 1.82) is 0 Å². The highest BCUT2D eigenvalue weighted by molar-refractivity contribution is 5.68. The number of nitrogen functional groups attached to an aromatic ring is 2. The van der Waals surface area contributed by atoms with E-state index >= 15 is 0 Å². The lowest BCUT2D eigenvalue weighted by Crippen LogP contribution is -2.03. The molecule has 0 fully saturated rings. The molecule has 0 atom stereocenters. The van der Waals surface area contributed by atoms with Gasteiger partial charge < -0.3 is 21.5 Å². The Labute approximate surface area is 105 Å². The fourth-order valence-corrected chi connectivity index (χ4v) is 1.44. The van der Waals surface area contributed by atoms with Crippen molar-refractivity contribution >= 4 is 23.1 Å². The van der Waals surface area contributed by atoms with Gasteiger partial charge in [0.1, 0.15) is 5.75 Å². The molecule has 0 unspecified atom stereocenters. The lowest BCUT2D eigenvalue weighted by atomic mass is 10.3. The number of nitrogens with one attached hydrogen (secondary N) is 1. The van der Waals surface area contributed by atoms with Gasteiger partial charge in [-0.05, 0) is 31.2 Å². The number of aromatic nitrogens is 2. The minimum absolute atomic E-state index is 0.178. The molecule has 0 bridgehead atoms. The molecule has 94 valence electrons. The number of rotatable bonds is 4. The van der Waals surface area contributed by atoms with Gasteiger partial charge in [-0.1, -0.05) is 0 Å². The summed E-state index contributed by atoms with van der Waals surface area (Å²) in [6.45, 7) is 2.58.